The molecule has 0 saturated heterocycles. The summed E-state index contributed by atoms with van der Waals surface area (Å²) in [7, 11) is 0. The van der Waals surface area contributed by atoms with Crippen LogP contribution in [0.2, 0.25) is 5.02 Å². The highest BCUT2D eigenvalue weighted by Gasteiger charge is 2.23. The number of rotatable bonds is 6. The highest BCUT2D eigenvalue weighted by Crippen LogP contribution is 2.19. The molecule has 0 unspecified atom stereocenters. The van der Waals surface area contributed by atoms with E-state index in [-0.39, 0.29) is 22.8 Å². The van der Waals surface area contributed by atoms with E-state index in [2.05, 4.69) is 0 Å². The molecule has 0 bridgehead atoms. The molecule has 0 heterocycles. The molecule has 4 nitrogen and oxygen atoms in total. The lowest BCUT2D eigenvalue weighted by atomic mass is 10.0. The van der Waals surface area contributed by atoms with E-state index in [0.717, 1.165) is 6.26 Å². The Hall–Kier alpha value is -1.81. The first-order chi connectivity index (χ1) is 9.11. The minimum Gasteiger partial charge on any atom is -0.500 e. The third-order valence-electron chi connectivity index (χ3n) is 2.23. The van der Waals surface area contributed by atoms with Crippen LogP contribution in [0, 0.1) is 0 Å². The average Bonchev–Trinajstić information content (AvgIpc) is 2.39. The van der Waals surface area contributed by atoms with Gasteiger partial charge < -0.3 is 9.47 Å². The van der Waals surface area contributed by atoms with Crippen LogP contribution in [-0.2, 0) is 14.3 Å². The molecule has 0 atom stereocenters. The van der Waals surface area contributed by atoms with Crippen molar-refractivity contribution in [2.24, 2.45) is 0 Å². The Morgan fingerprint density at radius 2 is 1.89 bits per heavy atom. The molecular weight excluding hydrogens is 268 g/mol. The van der Waals surface area contributed by atoms with Gasteiger partial charge in [-0.2, -0.15) is 0 Å². The molecule has 1 aromatic rings. The van der Waals surface area contributed by atoms with Gasteiger partial charge in [0.05, 0.1) is 18.2 Å². The Morgan fingerprint density at radius 3 is 2.47 bits per heavy atom. The number of ether oxygens (including phenoxy) is 2. The van der Waals surface area contributed by atoms with Gasteiger partial charge >= 0.3 is 5.97 Å². The second-order valence-corrected chi connectivity index (χ2v) is 3.92. The van der Waals surface area contributed by atoms with Gasteiger partial charge in [-0.25, -0.2) is 4.79 Å². The number of hydrogen-bond acceptors (Lipinski definition) is 4. The van der Waals surface area contributed by atoms with Gasteiger partial charge in [-0.05, 0) is 26.0 Å². The van der Waals surface area contributed by atoms with Crippen molar-refractivity contribution in [1.29, 1.82) is 0 Å². The van der Waals surface area contributed by atoms with Crippen molar-refractivity contribution in [3.05, 3.63) is 46.7 Å². The van der Waals surface area contributed by atoms with Crippen molar-refractivity contribution >= 4 is 23.4 Å². The van der Waals surface area contributed by atoms with Crippen molar-refractivity contribution < 1.29 is 19.1 Å². The van der Waals surface area contributed by atoms with Crippen molar-refractivity contribution in [2.75, 3.05) is 13.2 Å². The molecule has 0 aromatic heterocycles. The molecule has 0 amide bonds. The van der Waals surface area contributed by atoms with Gasteiger partial charge in [0, 0.05) is 5.56 Å². The first-order valence-electron chi connectivity index (χ1n) is 5.89. The van der Waals surface area contributed by atoms with Gasteiger partial charge in [0.15, 0.2) is 0 Å². The Balaban J connectivity index is 3.08. The average molecular weight is 283 g/mol. The van der Waals surface area contributed by atoms with Crippen LogP contribution in [-0.4, -0.2) is 25.0 Å². The van der Waals surface area contributed by atoms with Crippen LogP contribution in [0.5, 0.6) is 0 Å². The van der Waals surface area contributed by atoms with E-state index in [9.17, 15) is 9.59 Å². The van der Waals surface area contributed by atoms with Crippen molar-refractivity contribution in [1.82, 2.24) is 0 Å². The molecule has 0 fully saturated rings. The van der Waals surface area contributed by atoms with Gasteiger partial charge in [-0.1, -0.05) is 23.7 Å². The minimum atomic E-state index is -0.721. The molecule has 102 valence electrons. The second kappa shape index (κ2) is 7.59. The number of esters is 1. The topological polar surface area (TPSA) is 52.6 Å². The van der Waals surface area contributed by atoms with Crippen LogP contribution >= 0.6 is 11.6 Å². The van der Waals surface area contributed by atoms with E-state index in [0.29, 0.717) is 6.61 Å². The van der Waals surface area contributed by atoms with Crippen molar-refractivity contribution in [2.45, 2.75) is 13.8 Å². The highest BCUT2D eigenvalue weighted by molar-refractivity contribution is 6.36. The lowest BCUT2D eigenvalue weighted by Crippen LogP contribution is -2.17. The Morgan fingerprint density at radius 1 is 1.21 bits per heavy atom. The van der Waals surface area contributed by atoms with E-state index in [1.165, 1.54) is 0 Å². The molecule has 0 saturated carbocycles. The summed E-state index contributed by atoms with van der Waals surface area (Å²) >= 11 is 5.94. The molecule has 5 heteroatoms. The molecule has 0 spiro atoms. The molecule has 0 aliphatic heterocycles. The Bertz CT molecular complexity index is 494. The molecule has 19 heavy (non-hydrogen) atoms. The number of benzene rings is 1. The fourth-order valence-corrected chi connectivity index (χ4v) is 1.58. The maximum absolute atomic E-state index is 12.3. The molecule has 0 aliphatic rings. The molecule has 0 radical (unpaired) electrons. The third-order valence-corrected chi connectivity index (χ3v) is 2.56. The van der Waals surface area contributed by atoms with Gasteiger partial charge in [0.2, 0.25) is 5.78 Å². The Labute approximate surface area is 117 Å². The fourth-order valence-electron chi connectivity index (χ4n) is 1.36. The quantitative estimate of drug-likeness (QED) is 0.201. The van der Waals surface area contributed by atoms with E-state index >= 15 is 0 Å². The zero-order chi connectivity index (χ0) is 14.3. The molecular formula is C14H15ClO4. The summed E-state index contributed by atoms with van der Waals surface area (Å²) in [6, 6.07) is 6.50. The monoisotopic (exact) mass is 282 g/mol. The number of ketones is 1. The summed E-state index contributed by atoms with van der Waals surface area (Å²) in [6.07, 6.45) is 1.11. The van der Waals surface area contributed by atoms with Gasteiger partial charge in [-0.3, -0.25) is 4.79 Å². The summed E-state index contributed by atoms with van der Waals surface area (Å²) in [6.45, 7) is 3.94. The Kier molecular flexibility index (Phi) is 6.09. The third kappa shape index (κ3) is 4.10. The van der Waals surface area contributed by atoms with Crippen LogP contribution < -0.4 is 0 Å². The summed E-state index contributed by atoms with van der Waals surface area (Å²) in [4.78, 5) is 24.0. The largest absolute Gasteiger partial charge is 0.500 e. The van der Waals surface area contributed by atoms with Crippen LogP contribution in [0.4, 0.5) is 0 Å². The van der Waals surface area contributed by atoms with Crippen LogP contribution in [0.25, 0.3) is 0 Å². The molecule has 0 N–H and O–H groups in total. The van der Waals surface area contributed by atoms with E-state index < -0.39 is 11.8 Å². The summed E-state index contributed by atoms with van der Waals surface area (Å²) in [5.74, 6) is -1.24. The predicted octanol–water partition coefficient (Wildman–Crippen LogP) is 3.01. The predicted molar refractivity (Wildman–Crippen MR) is 72.1 cm³/mol. The fraction of sp³-hybridized carbons (Fsp3) is 0.286. The van der Waals surface area contributed by atoms with Gasteiger partial charge in [0.1, 0.15) is 11.8 Å². The van der Waals surface area contributed by atoms with Crippen molar-refractivity contribution in [3.63, 3.8) is 0 Å². The number of halogens is 1. The first kappa shape index (κ1) is 15.2. The summed E-state index contributed by atoms with van der Waals surface area (Å²) < 4.78 is 9.85. The zero-order valence-electron chi connectivity index (χ0n) is 10.8. The van der Waals surface area contributed by atoms with Gasteiger partial charge in [-0.15, -0.1) is 0 Å². The number of carbonyl (C=O) groups excluding carboxylic acids is 2. The lowest BCUT2D eigenvalue weighted by Gasteiger charge is -2.07. The summed E-state index contributed by atoms with van der Waals surface area (Å²) in [5.41, 5.74) is 0.0694. The molecule has 1 rings (SSSR count). The van der Waals surface area contributed by atoms with Gasteiger partial charge in [0.25, 0.3) is 0 Å². The SMILES string of the molecule is CCOC=C(C(=O)OCC)C(=O)c1ccccc1Cl. The van der Waals surface area contributed by atoms with E-state index in [1.807, 2.05) is 0 Å². The number of hydrogen-bond donors (Lipinski definition) is 0. The molecule has 0 aliphatic carbocycles. The molecule has 1 aromatic carbocycles. The normalized spacial score (nSPS) is 11.0. The standard InChI is InChI=1S/C14H15ClO4/c1-3-18-9-11(14(17)19-4-2)13(16)10-7-5-6-8-12(10)15/h5-9H,3-4H2,1-2H3. The van der Waals surface area contributed by atoms with Crippen LogP contribution in [0.3, 0.4) is 0 Å². The zero-order valence-corrected chi connectivity index (χ0v) is 11.6. The maximum Gasteiger partial charge on any atom is 0.345 e. The number of Topliss-reactive ketones (excluding diaryl/α,β-unsaturated/α-hetero) is 1. The lowest BCUT2D eigenvalue weighted by molar-refractivity contribution is -0.138. The van der Waals surface area contributed by atoms with Crippen LogP contribution in [0.1, 0.15) is 24.2 Å². The van der Waals surface area contributed by atoms with E-state index in [1.54, 1.807) is 38.1 Å². The first-order valence-corrected chi connectivity index (χ1v) is 6.27. The minimum absolute atomic E-state index is 0.170. The smallest absolute Gasteiger partial charge is 0.345 e. The number of carbonyl (C=O) groups is 2. The van der Waals surface area contributed by atoms with Crippen LogP contribution in [0.15, 0.2) is 36.1 Å². The van der Waals surface area contributed by atoms with Crippen molar-refractivity contribution in [3.8, 4) is 0 Å². The maximum atomic E-state index is 12.3. The summed E-state index contributed by atoms with van der Waals surface area (Å²) in [5, 5.41) is 0.277. The van der Waals surface area contributed by atoms with E-state index in [4.69, 9.17) is 21.1 Å². The highest BCUT2D eigenvalue weighted by atomic mass is 35.5. The second-order valence-electron chi connectivity index (χ2n) is 3.52.